The number of para-hydroxylation sites is 4. The van der Waals surface area contributed by atoms with Gasteiger partial charge < -0.3 is 14.2 Å². The quantitative estimate of drug-likeness (QED) is 0.335. The van der Waals surface area contributed by atoms with E-state index in [1.165, 1.54) is 0 Å². The second kappa shape index (κ2) is 6.19. The van der Waals surface area contributed by atoms with Crippen molar-refractivity contribution in [2.75, 3.05) is 4.90 Å². The number of hydrogen-bond acceptors (Lipinski definition) is 3. The van der Waals surface area contributed by atoms with Gasteiger partial charge in [-0.25, -0.2) is 0 Å². The third-order valence-electron chi connectivity index (χ3n) is 7.77. The molecule has 160 valence electrons. The molecule has 4 heterocycles. The zero-order chi connectivity index (χ0) is 23.5. The molecule has 0 atom stereocenters. The highest BCUT2D eigenvalue weighted by Gasteiger charge is 2.50. The van der Waals surface area contributed by atoms with Crippen molar-refractivity contribution in [2.24, 2.45) is 0 Å². The molecule has 0 aliphatic carbocycles. The lowest BCUT2D eigenvalue weighted by molar-refractivity contribution is 0.587. The Labute approximate surface area is 205 Å². The first-order chi connectivity index (χ1) is 17.8. The summed E-state index contributed by atoms with van der Waals surface area (Å²) in [6.07, 6.45) is 0. The fourth-order valence-corrected chi connectivity index (χ4v) is 6.38. The average Bonchev–Trinajstić information content (AvgIpc) is 2.94. The van der Waals surface area contributed by atoms with Crippen LogP contribution in [0.3, 0.4) is 0 Å². The molecule has 9 rings (SSSR count). The van der Waals surface area contributed by atoms with Crippen LogP contribution in [0.2, 0.25) is 0 Å². The molecule has 0 saturated heterocycles. The Morgan fingerprint density at radius 2 is 1.00 bits per heavy atom. The normalized spacial score (nSPS) is 15.0. The van der Waals surface area contributed by atoms with E-state index in [0.29, 0.717) is 6.04 Å². The van der Waals surface area contributed by atoms with Gasteiger partial charge in [0.25, 0.3) is 0 Å². The molecule has 0 spiro atoms. The van der Waals surface area contributed by atoms with Crippen LogP contribution >= 0.6 is 0 Å². The first kappa shape index (κ1) is 17.1. The summed E-state index contributed by atoms with van der Waals surface area (Å²) < 4.78 is 23.1. The van der Waals surface area contributed by atoms with Crippen LogP contribution in [-0.4, -0.2) is 13.8 Å². The van der Waals surface area contributed by atoms with E-state index in [1.54, 1.807) is 0 Å². The van der Waals surface area contributed by atoms with Gasteiger partial charge in [-0.05, 0) is 52.4 Å². The summed E-state index contributed by atoms with van der Waals surface area (Å²) in [5.74, 6) is 1.65. The minimum Gasteiger partial charge on any atom is -0.551 e. The maximum Gasteiger partial charge on any atom is 0.431 e. The second-order valence-corrected chi connectivity index (χ2v) is 9.49. The average molecular weight is 446 g/mol. The zero-order valence-corrected chi connectivity index (χ0v) is 18.7. The van der Waals surface area contributed by atoms with Gasteiger partial charge in [0.2, 0.25) is 0 Å². The lowest BCUT2D eigenvalue weighted by Crippen LogP contribution is -2.64. The van der Waals surface area contributed by atoms with Crippen LogP contribution in [-0.2, 0) is 0 Å². The number of benzene rings is 5. The van der Waals surface area contributed by atoms with Crippen molar-refractivity contribution in [2.45, 2.75) is 0 Å². The third kappa shape index (κ3) is 2.11. The molecule has 4 aliphatic heterocycles. The summed E-state index contributed by atoms with van der Waals surface area (Å²) in [4.78, 5) is 2.38. The van der Waals surface area contributed by atoms with Crippen LogP contribution in [0.5, 0.6) is 11.5 Å². The van der Waals surface area contributed by atoms with Crippen molar-refractivity contribution in [3.63, 3.8) is 0 Å². The molecule has 3 nitrogen and oxygen atoms in total. The minimum atomic E-state index is -0.283. The molecule has 0 N–H and O–H groups in total. The van der Waals surface area contributed by atoms with Crippen molar-refractivity contribution >= 4 is 52.7 Å². The smallest absolute Gasteiger partial charge is 0.431 e. The Balaban J connectivity index is 1.53. The van der Waals surface area contributed by atoms with Crippen LogP contribution in [0.4, 0.5) is 17.1 Å². The number of anilines is 3. The van der Waals surface area contributed by atoms with Crippen LogP contribution < -0.4 is 36.1 Å². The van der Waals surface area contributed by atoms with E-state index < -0.39 is 0 Å². The maximum atomic E-state index is 9.67. The molecule has 35 heavy (non-hydrogen) atoms. The number of hydrogen-bond donors (Lipinski definition) is 0. The highest BCUT2D eigenvalue weighted by atomic mass is 16.4. The Morgan fingerprint density at radius 3 is 1.54 bits per heavy atom. The molecule has 0 unspecified atom stereocenters. The first-order valence-corrected chi connectivity index (χ1v) is 12.0. The summed E-state index contributed by atoms with van der Waals surface area (Å²) in [5, 5.41) is 0. The van der Waals surface area contributed by atoms with Gasteiger partial charge in [-0.2, -0.15) is 0 Å². The van der Waals surface area contributed by atoms with Gasteiger partial charge in [0.15, 0.2) is 0 Å². The topological polar surface area (TPSA) is 21.7 Å². The number of nitrogens with zero attached hydrogens (tertiary/aromatic N) is 1. The van der Waals surface area contributed by atoms with E-state index in [-0.39, 0.29) is 13.8 Å². The number of fused-ring (bicyclic) bond motifs is 10. The van der Waals surface area contributed by atoms with Crippen molar-refractivity contribution in [3.8, 4) is 33.8 Å². The molecule has 5 aromatic rings. The Kier molecular flexibility index (Phi) is 3.03. The van der Waals surface area contributed by atoms with Gasteiger partial charge in [0.1, 0.15) is 11.5 Å². The highest BCUT2D eigenvalue weighted by Crippen LogP contribution is 2.47. The van der Waals surface area contributed by atoms with Crippen molar-refractivity contribution in [3.05, 3.63) is 103 Å². The van der Waals surface area contributed by atoms with Crippen molar-refractivity contribution < 1.29 is 10.7 Å². The second-order valence-electron chi connectivity index (χ2n) is 9.49. The monoisotopic (exact) mass is 446 g/mol. The van der Waals surface area contributed by atoms with E-state index >= 15 is 0 Å². The number of rotatable bonds is 0. The maximum absolute atomic E-state index is 9.67. The van der Waals surface area contributed by atoms with Crippen LogP contribution in [0.15, 0.2) is 103 Å². The van der Waals surface area contributed by atoms with Crippen molar-refractivity contribution in [1.29, 1.82) is 0 Å². The van der Waals surface area contributed by atoms with Gasteiger partial charge in [-0.3, -0.25) is 0 Å². The lowest BCUT2D eigenvalue weighted by atomic mass is 9.43. The molecule has 0 bridgehead atoms. The fraction of sp³-hybridized carbons (Fsp3) is 0. The standard InChI is InChI=1S/C30H17B2NO2/c1-7-15-26-18(9-1)20-17-21-19-10-2-8-16-27(19)35-32-23-12-4-6-14-25(23)33-24-13-5-3-11-22(24)31(34-26)28(20)30(33)29(21)32/h1-17H/i17D. The first-order valence-electron chi connectivity index (χ1n) is 12.5. The van der Waals surface area contributed by atoms with E-state index in [1.807, 2.05) is 36.4 Å². The molecule has 0 aromatic heterocycles. The van der Waals surface area contributed by atoms with E-state index in [2.05, 4.69) is 65.6 Å². The molecule has 0 saturated carbocycles. The SMILES string of the molecule is [2H]c1c2c3c4c5c1-c1ccccc1OB5c1ccccc1N4c1ccccc1B3Oc1ccccc1-2. The molecular weight excluding hydrogens is 428 g/mol. The predicted molar refractivity (Wildman–Crippen MR) is 143 cm³/mol. The molecule has 0 radical (unpaired) electrons. The van der Waals surface area contributed by atoms with Crippen LogP contribution in [0.1, 0.15) is 1.37 Å². The predicted octanol–water partition coefficient (Wildman–Crippen LogP) is 4.11. The molecule has 0 fully saturated rings. The summed E-state index contributed by atoms with van der Waals surface area (Å²) in [5.41, 5.74) is 11.6. The Bertz CT molecular complexity index is 1680. The molecular formula is C30H17B2NO2. The molecule has 5 aromatic carbocycles. The van der Waals surface area contributed by atoms with Crippen LogP contribution in [0.25, 0.3) is 22.3 Å². The Morgan fingerprint density at radius 1 is 0.543 bits per heavy atom. The summed E-state index contributed by atoms with van der Waals surface area (Å²) in [6.45, 7) is -0.565. The highest BCUT2D eigenvalue weighted by molar-refractivity contribution is 6.91. The van der Waals surface area contributed by atoms with Gasteiger partial charge in [0.05, 0.1) is 1.37 Å². The molecule has 5 heteroatoms. The molecule has 0 amide bonds. The largest absolute Gasteiger partial charge is 0.551 e. The van der Waals surface area contributed by atoms with Crippen molar-refractivity contribution in [1.82, 2.24) is 0 Å². The lowest BCUT2D eigenvalue weighted by Gasteiger charge is -2.46. The van der Waals surface area contributed by atoms with Gasteiger partial charge in [-0.1, -0.05) is 72.8 Å². The van der Waals surface area contributed by atoms with Gasteiger partial charge >= 0.3 is 13.8 Å². The summed E-state index contributed by atoms with van der Waals surface area (Å²) >= 11 is 0. The Hall–Kier alpha value is -4.37. The van der Waals surface area contributed by atoms with Gasteiger partial charge in [0, 0.05) is 39.1 Å². The molecule has 4 aliphatic rings. The van der Waals surface area contributed by atoms with Crippen LogP contribution in [0, 0.1) is 0 Å². The third-order valence-corrected chi connectivity index (χ3v) is 7.77. The van der Waals surface area contributed by atoms with Gasteiger partial charge in [-0.15, -0.1) is 0 Å². The summed E-state index contributed by atoms with van der Waals surface area (Å²) in [6, 6.07) is 33.8. The minimum absolute atomic E-state index is 0.283. The van der Waals surface area contributed by atoms with E-state index in [4.69, 9.17) is 9.31 Å². The fourth-order valence-electron chi connectivity index (χ4n) is 6.38. The zero-order valence-electron chi connectivity index (χ0n) is 19.7. The van der Waals surface area contributed by atoms with E-state index in [9.17, 15) is 1.37 Å². The van der Waals surface area contributed by atoms with E-state index in [0.717, 1.165) is 72.7 Å². The summed E-state index contributed by atoms with van der Waals surface area (Å²) in [7, 11) is 0.